The van der Waals surface area contributed by atoms with Crippen molar-refractivity contribution in [2.45, 2.75) is 5.41 Å². The number of hydrogen-bond donors (Lipinski definition) is 0. The van der Waals surface area contributed by atoms with Crippen molar-refractivity contribution in [1.82, 2.24) is 0 Å². The standard InChI is InChI=1S/C79H50N2S2/c1-3-20-51(21-4-1)53-40-44-56(45-41-53)80(72-36-18-30-65-63-26-10-15-38-74(63)82-77(65)72)58-48-55(60-29-17-35-71-76(60)67-28-9-14-34-70(67)79(71)68-32-12-7-24-61(68)62-25-8-13-33-69(62)79)49-59(50-58)81(57-46-42-54(43-47-57)52-22-5-2-6-23-52)73-37-19-31-66-64-27-11-16-39-75(64)83-78(66)73/h1-50H. The molecule has 4 heteroatoms. The van der Waals surface area contributed by atoms with Gasteiger partial charge in [-0.15, -0.1) is 22.7 Å². The molecule has 0 saturated carbocycles. The van der Waals surface area contributed by atoms with Crippen LogP contribution >= 0.6 is 22.7 Å². The van der Waals surface area contributed by atoms with Crippen LogP contribution in [0.25, 0.3) is 96.0 Å². The molecule has 0 amide bonds. The quantitative estimate of drug-likeness (QED) is 0.142. The highest BCUT2D eigenvalue weighted by atomic mass is 32.1. The fourth-order valence-corrected chi connectivity index (χ4v) is 16.3. The summed E-state index contributed by atoms with van der Waals surface area (Å²) in [4.78, 5) is 5.05. The molecule has 2 aliphatic rings. The van der Waals surface area contributed by atoms with Gasteiger partial charge in [0.15, 0.2) is 0 Å². The van der Waals surface area contributed by atoms with E-state index in [0.717, 1.165) is 39.7 Å². The van der Waals surface area contributed by atoms with Crippen LogP contribution < -0.4 is 9.80 Å². The summed E-state index contributed by atoms with van der Waals surface area (Å²) in [6.45, 7) is 0. The van der Waals surface area contributed by atoms with Crippen molar-refractivity contribution in [3.8, 4) is 55.6 Å². The van der Waals surface area contributed by atoms with Crippen LogP contribution in [0, 0.1) is 0 Å². The Bertz CT molecular complexity index is 4770. The molecule has 17 rings (SSSR count). The van der Waals surface area contributed by atoms with Crippen LogP contribution in [-0.4, -0.2) is 0 Å². The van der Waals surface area contributed by atoms with Crippen molar-refractivity contribution in [3.05, 3.63) is 326 Å². The van der Waals surface area contributed by atoms with Crippen LogP contribution in [0.2, 0.25) is 0 Å². The lowest BCUT2D eigenvalue weighted by Crippen LogP contribution is -2.25. The fourth-order valence-electron chi connectivity index (χ4n) is 13.9. The van der Waals surface area contributed by atoms with Crippen molar-refractivity contribution in [3.63, 3.8) is 0 Å². The number of anilines is 6. The molecular formula is C79H50N2S2. The minimum atomic E-state index is -0.498. The lowest BCUT2D eigenvalue weighted by Gasteiger charge is -2.31. The van der Waals surface area contributed by atoms with E-state index in [9.17, 15) is 0 Å². The Morgan fingerprint density at radius 3 is 1.12 bits per heavy atom. The highest BCUT2D eigenvalue weighted by Gasteiger charge is 2.52. The summed E-state index contributed by atoms with van der Waals surface area (Å²) in [6, 6.07) is 113. The van der Waals surface area contributed by atoms with E-state index in [1.54, 1.807) is 0 Å². The van der Waals surface area contributed by atoms with Crippen LogP contribution in [0.1, 0.15) is 22.3 Å². The van der Waals surface area contributed by atoms with Gasteiger partial charge in [-0.3, -0.25) is 0 Å². The maximum atomic E-state index is 2.53. The van der Waals surface area contributed by atoms with E-state index in [-0.39, 0.29) is 0 Å². The number of nitrogens with zero attached hydrogens (tertiary/aromatic N) is 2. The first kappa shape index (κ1) is 47.7. The van der Waals surface area contributed by atoms with Crippen LogP contribution in [-0.2, 0) is 5.41 Å². The average molecular weight is 1090 g/mol. The molecule has 0 atom stereocenters. The summed E-state index contributed by atoms with van der Waals surface area (Å²) >= 11 is 3.74. The molecule has 83 heavy (non-hydrogen) atoms. The summed E-state index contributed by atoms with van der Waals surface area (Å²) in [5.74, 6) is 0. The third kappa shape index (κ3) is 7.33. The average Bonchev–Trinajstić information content (AvgIpc) is 1.57. The number of fused-ring (bicyclic) bond motifs is 16. The van der Waals surface area contributed by atoms with Gasteiger partial charge in [-0.05, 0) is 145 Å². The zero-order valence-electron chi connectivity index (χ0n) is 45.1. The molecule has 2 nitrogen and oxygen atoms in total. The monoisotopic (exact) mass is 1090 g/mol. The van der Waals surface area contributed by atoms with E-state index in [0.29, 0.717) is 0 Å². The van der Waals surface area contributed by atoms with Crippen molar-refractivity contribution >= 4 is 97.1 Å². The molecular weight excluding hydrogens is 1040 g/mol. The number of benzene rings is 13. The molecule has 13 aromatic carbocycles. The van der Waals surface area contributed by atoms with Gasteiger partial charge in [-0.2, -0.15) is 0 Å². The third-order valence-electron chi connectivity index (χ3n) is 17.5. The SMILES string of the molecule is c1ccc(-c2ccc(N(c3cc(-c4cccc5c4-c4ccccc4C54c5ccccc5-c5ccccc54)cc(N(c4ccc(-c5ccccc5)cc4)c4cccc5c4sc4ccccc45)c3)c3cccc4c3sc3ccccc34)cc2)cc1. The highest BCUT2D eigenvalue weighted by molar-refractivity contribution is 7.26. The van der Waals surface area contributed by atoms with Gasteiger partial charge >= 0.3 is 0 Å². The zero-order chi connectivity index (χ0) is 54.6. The summed E-state index contributed by atoms with van der Waals surface area (Å²) in [5.41, 5.74) is 23.5. The van der Waals surface area contributed by atoms with Gasteiger partial charge in [-0.25, -0.2) is 0 Å². The second-order valence-electron chi connectivity index (χ2n) is 21.9. The van der Waals surface area contributed by atoms with Gasteiger partial charge < -0.3 is 9.80 Å². The van der Waals surface area contributed by atoms with Gasteiger partial charge in [-0.1, -0.05) is 237 Å². The Morgan fingerprint density at radius 2 is 0.614 bits per heavy atom. The van der Waals surface area contributed by atoms with Gasteiger partial charge in [0, 0.05) is 53.7 Å². The molecule has 2 heterocycles. The summed E-state index contributed by atoms with van der Waals surface area (Å²) in [6.07, 6.45) is 0. The molecule has 388 valence electrons. The van der Waals surface area contributed by atoms with E-state index >= 15 is 0 Å². The highest BCUT2D eigenvalue weighted by Crippen LogP contribution is 2.64. The minimum absolute atomic E-state index is 0.498. The largest absolute Gasteiger partial charge is 0.309 e. The van der Waals surface area contributed by atoms with Gasteiger partial charge in [0.2, 0.25) is 0 Å². The molecule has 0 aliphatic heterocycles. The van der Waals surface area contributed by atoms with E-state index in [1.165, 1.54) is 113 Å². The second-order valence-corrected chi connectivity index (χ2v) is 24.0. The van der Waals surface area contributed by atoms with E-state index < -0.39 is 5.41 Å². The van der Waals surface area contributed by atoms with Gasteiger partial charge in [0.25, 0.3) is 0 Å². The molecule has 0 N–H and O–H groups in total. The molecule has 0 bridgehead atoms. The Balaban J connectivity index is 0.974. The number of thiophene rings is 2. The summed E-state index contributed by atoms with van der Waals surface area (Å²) < 4.78 is 5.03. The topological polar surface area (TPSA) is 6.48 Å². The molecule has 0 radical (unpaired) electrons. The Hall–Kier alpha value is -10.1. The first-order chi connectivity index (χ1) is 41.2. The Kier molecular flexibility index (Phi) is 10.9. The van der Waals surface area contributed by atoms with Crippen molar-refractivity contribution in [2.75, 3.05) is 9.80 Å². The molecule has 0 fully saturated rings. The van der Waals surface area contributed by atoms with Gasteiger partial charge in [0.05, 0.1) is 26.2 Å². The fraction of sp³-hybridized carbons (Fsp3) is 0.0127. The zero-order valence-corrected chi connectivity index (χ0v) is 46.7. The van der Waals surface area contributed by atoms with Crippen LogP contribution in [0.4, 0.5) is 34.1 Å². The lowest BCUT2D eigenvalue weighted by atomic mass is 9.70. The Morgan fingerprint density at radius 1 is 0.241 bits per heavy atom. The Labute approximate surface area is 490 Å². The molecule has 0 saturated heterocycles. The van der Waals surface area contributed by atoms with Crippen LogP contribution in [0.3, 0.4) is 0 Å². The predicted molar refractivity (Wildman–Crippen MR) is 354 cm³/mol. The second kappa shape index (κ2) is 19.0. The molecule has 15 aromatic rings. The normalized spacial score (nSPS) is 12.7. The van der Waals surface area contributed by atoms with E-state index in [1.807, 2.05) is 22.7 Å². The molecule has 1 spiro atoms. The smallest absolute Gasteiger partial charge is 0.0725 e. The van der Waals surface area contributed by atoms with E-state index in [2.05, 4.69) is 313 Å². The lowest BCUT2D eigenvalue weighted by molar-refractivity contribution is 0.794. The van der Waals surface area contributed by atoms with E-state index in [4.69, 9.17) is 0 Å². The maximum Gasteiger partial charge on any atom is 0.0725 e. The van der Waals surface area contributed by atoms with Crippen molar-refractivity contribution < 1.29 is 0 Å². The summed E-state index contributed by atoms with van der Waals surface area (Å²) in [7, 11) is 0. The minimum Gasteiger partial charge on any atom is -0.309 e. The number of hydrogen-bond acceptors (Lipinski definition) is 4. The summed E-state index contributed by atoms with van der Waals surface area (Å²) in [5, 5.41) is 5.04. The molecule has 0 unspecified atom stereocenters. The van der Waals surface area contributed by atoms with Gasteiger partial charge in [0.1, 0.15) is 0 Å². The molecule has 2 aliphatic carbocycles. The van der Waals surface area contributed by atoms with Crippen LogP contribution in [0.15, 0.2) is 303 Å². The van der Waals surface area contributed by atoms with Crippen molar-refractivity contribution in [1.29, 1.82) is 0 Å². The molecule has 2 aromatic heterocycles. The predicted octanol–water partition coefficient (Wildman–Crippen LogP) is 22.7. The van der Waals surface area contributed by atoms with Crippen molar-refractivity contribution in [2.24, 2.45) is 0 Å². The maximum absolute atomic E-state index is 2.53. The first-order valence-corrected chi connectivity index (χ1v) is 30.1. The number of rotatable bonds is 9. The first-order valence-electron chi connectivity index (χ1n) is 28.5. The van der Waals surface area contributed by atoms with Crippen LogP contribution in [0.5, 0.6) is 0 Å². The third-order valence-corrected chi connectivity index (χ3v) is 19.9.